The molecule has 1 amide bonds. The molecule has 3 aromatic rings. The van der Waals surface area contributed by atoms with E-state index in [1.165, 1.54) is 48.5 Å². The van der Waals surface area contributed by atoms with Crippen LogP contribution in [0.5, 0.6) is 0 Å². The highest BCUT2D eigenvalue weighted by molar-refractivity contribution is 5.92. The molecule has 25 heavy (non-hydrogen) atoms. The fourth-order valence-electron chi connectivity index (χ4n) is 2.36. The number of aliphatic hydroxyl groups is 1. The van der Waals surface area contributed by atoms with Crippen molar-refractivity contribution in [3.05, 3.63) is 83.6 Å². The van der Waals surface area contributed by atoms with Gasteiger partial charge in [0.05, 0.1) is 6.10 Å². The maximum absolute atomic E-state index is 13.6. The second-order valence-corrected chi connectivity index (χ2v) is 5.42. The number of carbonyl (C=O) groups excluding carboxylic acids is 1. The maximum atomic E-state index is 13.6. The first-order valence-corrected chi connectivity index (χ1v) is 7.61. The minimum atomic E-state index is -1.17. The molecular weight excluding hydrogens is 328 g/mol. The summed E-state index contributed by atoms with van der Waals surface area (Å²) >= 11 is 0. The number of furan rings is 1. The first-order chi connectivity index (χ1) is 12.0. The number of carbonyl (C=O) groups is 1. The summed E-state index contributed by atoms with van der Waals surface area (Å²) in [5.74, 6) is -0.986. The summed E-state index contributed by atoms with van der Waals surface area (Å²) in [5, 5.41) is 12.5. The zero-order valence-corrected chi connectivity index (χ0v) is 13.1. The lowest BCUT2D eigenvalue weighted by Crippen LogP contribution is -2.28. The topological polar surface area (TPSA) is 62.5 Å². The number of hydrogen-bond donors (Lipinski definition) is 2. The van der Waals surface area contributed by atoms with E-state index in [4.69, 9.17) is 4.42 Å². The van der Waals surface area contributed by atoms with Crippen molar-refractivity contribution in [2.45, 2.75) is 6.10 Å². The molecule has 0 aliphatic heterocycles. The Morgan fingerprint density at radius 3 is 2.48 bits per heavy atom. The van der Waals surface area contributed by atoms with Crippen molar-refractivity contribution in [2.24, 2.45) is 0 Å². The van der Waals surface area contributed by atoms with Crippen LogP contribution in [-0.4, -0.2) is 17.6 Å². The van der Waals surface area contributed by atoms with Crippen LogP contribution in [-0.2, 0) is 0 Å². The molecule has 6 heteroatoms. The van der Waals surface area contributed by atoms with Crippen LogP contribution in [0.3, 0.4) is 0 Å². The molecule has 0 spiro atoms. The average Bonchev–Trinajstić information content (AvgIpc) is 3.10. The Morgan fingerprint density at radius 1 is 1.04 bits per heavy atom. The monoisotopic (exact) mass is 343 g/mol. The number of amides is 1. The van der Waals surface area contributed by atoms with Gasteiger partial charge in [-0.1, -0.05) is 18.2 Å². The van der Waals surface area contributed by atoms with Crippen molar-refractivity contribution in [3.8, 4) is 11.3 Å². The van der Waals surface area contributed by atoms with Gasteiger partial charge in [-0.25, -0.2) is 8.78 Å². The van der Waals surface area contributed by atoms with Gasteiger partial charge in [0, 0.05) is 17.7 Å². The standard InChI is InChI=1S/C19H15F2NO3/c20-13-7-5-12(6-8-13)17-9-10-18(25-17)19(24)22-11-16(23)14-3-1-2-4-15(14)21/h1-10,16,23H,11H2,(H,22,24). The molecule has 0 fully saturated rings. The minimum absolute atomic E-state index is 0.0417. The average molecular weight is 343 g/mol. The first-order valence-electron chi connectivity index (χ1n) is 7.61. The van der Waals surface area contributed by atoms with E-state index in [-0.39, 0.29) is 23.7 Å². The minimum Gasteiger partial charge on any atom is -0.451 e. The van der Waals surface area contributed by atoms with Gasteiger partial charge in [0.25, 0.3) is 5.91 Å². The van der Waals surface area contributed by atoms with Crippen LogP contribution in [0.4, 0.5) is 8.78 Å². The van der Waals surface area contributed by atoms with Gasteiger partial charge in [-0.2, -0.15) is 0 Å². The van der Waals surface area contributed by atoms with E-state index in [1.807, 2.05) is 0 Å². The zero-order chi connectivity index (χ0) is 17.8. The van der Waals surface area contributed by atoms with Gasteiger partial charge in [-0.15, -0.1) is 0 Å². The Labute approximate surface area is 142 Å². The van der Waals surface area contributed by atoms with Gasteiger partial charge >= 0.3 is 0 Å². The van der Waals surface area contributed by atoms with E-state index in [0.29, 0.717) is 11.3 Å². The Balaban J connectivity index is 1.64. The number of hydrogen-bond acceptors (Lipinski definition) is 3. The summed E-state index contributed by atoms with van der Waals surface area (Å²) in [4.78, 5) is 12.1. The number of aliphatic hydroxyl groups excluding tert-OH is 1. The number of rotatable bonds is 5. The highest BCUT2D eigenvalue weighted by atomic mass is 19.1. The highest BCUT2D eigenvalue weighted by Gasteiger charge is 2.16. The quantitative estimate of drug-likeness (QED) is 0.743. The van der Waals surface area contributed by atoms with Crippen molar-refractivity contribution < 1.29 is 23.1 Å². The summed E-state index contributed by atoms with van der Waals surface area (Å²) in [6.45, 7) is -0.160. The predicted molar refractivity (Wildman–Crippen MR) is 87.8 cm³/mol. The summed E-state index contributed by atoms with van der Waals surface area (Å²) in [6.07, 6.45) is -1.17. The van der Waals surface area contributed by atoms with Crippen LogP contribution in [0.15, 0.2) is 65.1 Å². The molecule has 1 unspecified atom stereocenters. The highest BCUT2D eigenvalue weighted by Crippen LogP contribution is 2.22. The second-order valence-electron chi connectivity index (χ2n) is 5.42. The van der Waals surface area contributed by atoms with Crippen LogP contribution in [0.1, 0.15) is 22.2 Å². The SMILES string of the molecule is O=C(NCC(O)c1ccccc1F)c1ccc(-c2ccc(F)cc2)o1. The molecule has 3 rings (SSSR count). The lowest BCUT2D eigenvalue weighted by Gasteiger charge is -2.12. The molecule has 2 aromatic carbocycles. The second kappa shape index (κ2) is 7.27. The van der Waals surface area contributed by atoms with E-state index in [1.54, 1.807) is 12.1 Å². The van der Waals surface area contributed by atoms with E-state index in [0.717, 1.165) is 0 Å². The van der Waals surface area contributed by atoms with Gasteiger partial charge in [-0.05, 0) is 42.5 Å². The Kier molecular flexibility index (Phi) is 4.90. The Bertz CT molecular complexity index is 874. The van der Waals surface area contributed by atoms with Crippen LogP contribution < -0.4 is 5.32 Å². The number of halogens is 2. The molecule has 0 saturated carbocycles. The first kappa shape index (κ1) is 16.9. The van der Waals surface area contributed by atoms with E-state index in [9.17, 15) is 18.7 Å². The van der Waals surface area contributed by atoms with Crippen LogP contribution in [0.25, 0.3) is 11.3 Å². The molecule has 1 heterocycles. The van der Waals surface area contributed by atoms with Gasteiger partial charge in [0.15, 0.2) is 5.76 Å². The van der Waals surface area contributed by atoms with Crippen LogP contribution in [0, 0.1) is 11.6 Å². The van der Waals surface area contributed by atoms with Crippen molar-refractivity contribution in [2.75, 3.05) is 6.54 Å². The van der Waals surface area contributed by atoms with E-state index < -0.39 is 17.8 Å². The van der Waals surface area contributed by atoms with Gasteiger partial charge in [0.2, 0.25) is 0 Å². The molecule has 1 atom stereocenters. The molecule has 0 radical (unpaired) electrons. The lowest BCUT2D eigenvalue weighted by atomic mass is 10.1. The third-order valence-corrected chi connectivity index (χ3v) is 3.68. The van der Waals surface area contributed by atoms with E-state index >= 15 is 0 Å². The zero-order valence-electron chi connectivity index (χ0n) is 13.1. The molecule has 0 aliphatic carbocycles. The third kappa shape index (κ3) is 3.92. The molecular formula is C19H15F2NO3. The lowest BCUT2D eigenvalue weighted by molar-refractivity contribution is 0.0887. The molecule has 128 valence electrons. The molecule has 1 aromatic heterocycles. The Morgan fingerprint density at radius 2 is 1.76 bits per heavy atom. The van der Waals surface area contributed by atoms with Crippen molar-refractivity contribution >= 4 is 5.91 Å². The molecule has 4 nitrogen and oxygen atoms in total. The molecule has 0 bridgehead atoms. The van der Waals surface area contributed by atoms with Crippen molar-refractivity contribution in [1.82, 2.24) is 5.32 Å². The largest absolute Gasteiger partial charge is 0.451 e. The summed E-state index contributed by atoms with van der Waals surface area (Å²) < 4.78 is 32.0. The van der Waals surface area contributed by atoms with Crippen molar-refractivity contribution in [3.63, 3.8) is 0 Å². The number of benzene rings is 2. The third-order valence-electron chi connectivity index (χ3n) is 3.68. The van der Waals surface area contributed by atoms with Crippen molar-refractivity contribution in [1.29, 1.82) is 0 Å². The summed E-state index contributed by atoms with van der Waals surface area (Å²) in [5.41, 5.74) is 0.737. The van der Waals surface area contributed by atoms with Crippen LogP contribution in [0.2, 0.25) is 0 Å². The fourth-order valence-corrected chi connectivity index (χ4v) is 2.36. The molecule has 0 saturated heterocycles. The maximum Gasteiger partial charge on any atom is 0.287 e. The summed E-state index contributed by atoms with van der Waals surface area (Å²) in [6, 6.07) is 14.5. The van der Waals surface area contributed by atoms with E-state index in [2.05, 4.69) is 5.32 Å². The predicted octanol–water partition coefficient (Wildman–Crippen LogP) is 3.69. The van der Waals surface area contributed by atoms with Gasteiger partial charge < -0.3 is 14.8 Å². The normalized spacial score (nSPS) is 12.0. The smallest absolute Gasteiger partial charge is 0.287 e. The Hall–Kier alpha value is -2.99. The van der Waals surface area contributed by atoms with Gasteiger partial charge in [-0.3, -0.25) is 4.79 Å². The fraction of sp³-hybridized carbons (Fsp3) is 0.105. The molecule has 2 N–H and O–H groups in total. The molecule has 0 aliphatic rings. The summed E-state index contributed by atoms with van der Waals surface area (Å²) in [7, 11) is 0. The van der Waals surface area contributed by atoms with Gasteiger partial charge in [0.1, 0.15) is 17.4 Å². The van der Waals surface area contributed by atoms with Crippen LogP contribution >= 0.6 is 0 Å². The number of nitrogens with one attached hydrogen (secondary N) is 1.